The summed E-state index contributed by atoms with van der Waals surface area (Å²) < 4.78 is 0. The Labute approximate surface area is 86.3 Å². The highest BCUT2D eigenvalue weighted by molar-refractivity contribution is 5.97. The number of amides is 1. The van der Waals surface area contributed by atoms with Crippen LogP contribution in [0.2, 0.25) is 0 Å². The zero-order valence-electron chi connectivity index (χ0n) is 7.90. The minimum atomic E-state index is -0.553. The fourth-order valence-electron chi connectivity index (χ4n) is 0.990. The molecule has 15 heavy (non-hydrogen) atoms. The van der Waals surface area contributed by atoms with E-state index in [4.69, 9.17) is 10.2 Å². The molecule has 0 atom stereocenters. The van der Waals surface area contributed by atoms with E-state index in [0.29, 0.717) is 0 Å². The summed E-state index contributed by atoms with van der Waals surface area (Å²) in [7, 11) is 0. The standard InChI is InChI=1S/C10H11NO4/c1-6(12)5-11-10(15)8-3-2-7(13)4-9(8)14/h2-4,12-14H,1,5H2,(H,11,15). The fourth-order valence-corrected chi connectivity index (χ4v) is 0.990. The molecule has 1 aromatic carbocycles. The van der Waals surface area contributed by atoms with Gasteiger partial charge in [-0.1, -0.05) is 6.58 Å². The SMILES string of the molecule is C=C(O)CNC(=O)c1ccc(O)cc1O. The highest BCUT2D eigenvalue weighted by Gasteiger charge is 2.10. The first-order chi connectivity index (χ1) is 7.00. The van der Waals surface area contributed by atoms with E-state index in [2.05, 4.69) is 11.9 Å². The predicted molar refractivity (Wildman–Crippen MR) is 53.9 cm³/mol. The molecule has 1 rings (SSSR count). The number of phenolic OH excluding ortho intramolecular Hbond substituents is 2. The van der Waals surface area contributed by atoms with Crippen LogP contribution in [0.25, 0.3) is 0 Å². The van der Waals surface area contributed by atoms with Crippen molar-refractivity contribution < 1.29 is 20.1 Å². The van der Waals surface area contributed by atoms with E-state index in [1.165, 1.54) is 12.1 Å². The number of nitrogens with one attached hydrogen (secondary N) is 1. The van der Waals surface area contributed by atoms with Crippen molar-refractivity contribution in [2.75, 3.05) is 6.54 Å². The molecule has 0 bridgehead atoms. The van der Waals surface area contributed by atoms with E-state index in [9.17, 15) is 9.90 Å². The second kappa shape index (κ2) is 4.36. The van der Waals surface area contributed by atoms with Gasteiger partial charge in [0.25, 0.3) is 5.91 Å². The van der Waals surface area contributed by atoms with Crippen LogP contribution in [0.4, 0.5) is 0 Å². The Bertz CT molecular complexity index is 400. The fraction of sp³-hybridized carbons (Fsp3) is 0.100. The van der Waals surface area contributed by atoms with Crippen molar-refractivity contribution in [3.05, 3.63) is 36.1 Å². The monoisotopic (exact) mass is 209 g/mol. The molecule has 0 saturated carbocycles. The van der Waals surface area contributed by atoms with Crippen LogP contribution in [0.15, 0.2) is 30.5 Å². The Morgan fingerprint density at radius 3 is 2.60 bits per heavy atom. The predicted octanol–water partition coefficient (Wildman–Crippen LogP) is 0.899. The van der Waals surface area contributed by atoms with E-state index in [1.807, 2.05) is 0 Å². The van der Waals surface area contributed by atoms with Gasteiger partial charge in [0.2, 0.25) is 0 Å². The number of aromatic hydroxyl groups is 2. The molecule has 0 aliphatic carbocycles. The maximum atomic E-state index is 11.4. The van der Waals surface area contributed by atoms with Crippen LogP contribution in [0, 0.1) is 0 Å². The molecule has 0 spiro atoms. The van der Waals surface area contributed by atoms with Crippen LogP contribution in [-0.2, 0) is 0 Å². The lowest BCUT2D eigenvalue weighted by molar-refractivity contribution is 0.0950. The number of aliphatic hydroxyl groups is 1. The Hall–Kier alpha value is -2.17. The summed E-state index contributed by atoms with van der Waals surface area (Å²) in [5.74, 6) is -1.18. The number of carbonyl (C=O) groups excluding carboxylic acids is 1. The minimum Gasteiger partial charge on any atom is -0.511 e. The topological polar surface area (TPSA) is 89.8 Å². The van der Waals surface area contributed by atoms with Gasteiger partial charge in [-0.2, -0.15) is 0 Å². The summed E-state index contributed by atoms with van der Waals surface area (Å²) in [5.41, 5.74) is 0.0223. The lowest BCUT2D eigenvalue weighted by Gasteiger charge is -2.05. The van der Waals surface area contributed by atoms with Crippen molar-refractivity contribution in [3.63, 3.8) is 0 Å². The van der Waals surface area contributed by atoms with Gasteiger partial charge in [0.05, 0.1) is 12.1 Å². The Balaban J connectivity index is 2.78. The van der Waals surface area contributed by atoms with Crippen molar-refractivity contribution in [1.82, 2.24) is 5.32 Å². The van der Waals surface area contributed by atoms with Crippen LogP contribution < -0.4 is 5.32 Å². The summed E-state index contributed by atoms with van der Waals surface area (Å²) in [6, 6.07) is 3.62. The third-order valence-electron chi connectivity index (χ3n) is 1.68. The second-order valence-electron chi connectivity index (χ2n) is 2.95. The molecular weight excluding hydrogens is 198 g/mol. The number of hydrogen-bond donors (Lipinski definition) is 4. The largest absolute Gasteiger partial charge is 0.511 e. The molecule has 0 aliphatic rings. The summed E-state index contributed by atoms with van der Waals surface area (Å²) in [4.78, 5) is 11.4. The summed E-state index contributed by atoms with van der Waals surface area (Å²) in [6.07, 6.45) is 0. The van der Waals surface area contributed by atoms with Crippen molar-refractivity contribution in [1.29, 1.82) is 0 Å². The smallest absolute Gasteiger partial charge is 0.255 e. The van der Waals surface area contributed by atoms with Crippen LogP contribution in [0.3, 0.4) is 0 Å². The molecule has 5 heteroatoms. The number of aliphatic hydroxyl groups excluding tert-OH is 1. The van der Waals surface area contributed by atoms with Crippen molar-refractivity contribution in [3.8, 4) is 11.5 Å². The molecule has 5 nitrogen and oxygen atoms in total. The van der Waals surface area contributed by atoms with Crippen molar-refractivity contribution in [2.45, 2.75) is 0 Å². The second-order valence-corrected chi connectivity index (χ2v) is 2.95. The highest BCUT2D eigenvalue weighted by atomic mass is 16.3. The van der Waals surface area contributed by atoms with Crippen LogP contribution in [-0.4, -0.2) is 27.8 Å². The van der Waals surface area contributed by atoms with E-state index < -0.39 is 5.91 Å². The zero-order valence-corrected chi connectivity index (χ0v) is 7.90. The van der Waals surface area contributed by atoms with Gasteiger partial charge in [-0.3, -0.25) is 4.79 Å². The summed E-state index contributed by atoms with van der Waals surface area (Å²) in [5, 5.41) is 29.4. The molecule has 0 aliphatic heterocycles. The number of carbonyl (C=O) groups is 1. The molecule has 1 aromatic rings. The lowest BCUT2D eigenvalue weighted by Crippen LogP contribution is -2.25. The molecule has 0 radical (unpaired) electrons. The van der Waals surface area contributed by atoms with Gasteiger partial charge in [0.1, 0.15) is 17.3 Å². The van der Waals surface area contributed by atoms with Gasteiger partial charge >= 0.3 is 0 Å². The Morgan fingerprint density at radius 1 is 1.40 bits per heavy atom. The average Bonchev–Trinajstić information content (AvgIpc) is 2.14. The van der Waals surface area contributed by atoms with E-state index in [1.54, 1.807) is 0 Å². The van der Waals surface area contributed by atoms with Gasteiger partial charge < -0.3 is 20.6 Å². The summed E-state index contributed by atoms with van der Waals surface area (Å²) >= 11 is 0. The Kier molecular flexibility index (Phi) is 3.17. The maximum Gasteiger partial charge on any atom is 0.255 e. The molecule has 1 amide bonds. The molecule has 0 aromatic heterocycles. The zero-order chi connectivity index (χ0) is 11.4. The molecule has 0 saturated heterocycles. The highest BCUT2D eigenvalue weighted by Crippen LogP contribution is 2.22. The molecule has 0 unspecified atom stereocenters. The van der Waals surface area contributed by atoms with Gasteiger partial charge in [0, 0.05) is 6.07 Å². The van der Waals surface area contributed by atoms with E-state index >= 15 is 0 Å². The molecular formula is C10H11NO4. The third kappa shape index (κ3) is 2.91. The van der Waals surface area contributed by atoms with Gasteiger partial charge in [-0.05, 0) is 12.1 Å². The first-order valence-electron chi connectivity index (χ1n) is 4.17. The Morgan fingerprint density at radius 2 is 2.07 bits per heavy atom. The van der Waals surface area contributed by atoms with E-state index in [-0.39, 0.29) is 29.4 Å². The number of rotatable bonds is 3. The van der Waals surface area contributed by atoms with Crippen LogP contribution >= 0.6 is 0 Å². The number of hydrogen-bond acceptors (Lipinski definition) is 4. The first kappa shape index (κ1) is 10.9. The lowest BCUT2D eigenvalue weighted by atomic mass is 10.2. The van der Waals surface area contributed by atoms with Gasteiger partial charge in [0.15, 0.2) is 0 Å². The van der Waals surface area contributed by atoms with E-state index in [0.717, 1.165) is 6.07 Å². The molecule has 0 heterocycles. The van der Waals surface area contributed by atoms with Gasteiger partial charge in [-0.25, -0.2) is 0 Å². The normalized spacial score (nSPS) is 9.60. The number of benzene rings is 1. The quantitative estimate of drug-likeness (QED) is 0.557. The third-order valence-corrected chi connectivity index (χ3v) is 1.68. The minimum absolute atomic E-state index is 0.0223. The van der Waals surface area contributed by atoms with Crippen molar-refractivity contribution >= 4 is 5.91 Å². The molecule has 4 N–H and O–H groups in total. The average molecular weight is 209 g/mol. The molecule has 80 valence electrons. The van der Waals surface area contributed by atoms with Crippen LogP contribution in [0.1, 0.15) is 10.4 Å². The van der Waals surface area contributed by atoms with Crippen LogP contribution in [0.5, 0.6) is 11.5 Å². The maximum absolute atomic E-state index is 11.4. The summed E-state index contributed by atoms with van der Waals surface area (Å²) in [6.45, 7) is 3.11. The molecule has 0 fully saturated rings. The van der Waals surface area contributed by atoms with Gasteiger partial charge in [-0.15, -0.1) is 0 Å². The number of phenols is 2. The first-order valence-corrected chi connectivity index (χ1v) is 4.17. The van der Waals surface area contributed by atoms with Crippen molar-refractivity contribution in [2.24, 2.45) is 0 Å².